The third-order valence-corrected chi connectivity index (χ3v) is 14.3. The summed E-state index contributed by atoms with van der Waals surface area (Å²) in [5.41, 5.74) is 0. The lowest BCUT2D eigenvalue weighted by molar-refractivity contribution is -0.161. The molecule has 0 aliphatic rings. The van der Waals surface area contributed by atoms with E-state index < -0.39 is 6.10 Å². The molecule has 0 spiro atoms. The van der Waals surface area contributed by atoms with E-state index in [2.05, 4.69) is 74.6 Å². The predicted molar refractivity (Wildman–Crippen MR) is 316 cm³/mol. The molecule has 0 heterocycles. The molecular formula is C67H122O5. The van der Waals surface area contributed by atoms with Crippen LogP contribution in [-0.4, -0.2) is 36.4 Å². The van der Waals surface area contributed by atoms with Crippen LogP contribution >= 0.6 is 0 Å². The predicted octanol–water partition coefficient (Wildman–Crippen LogP) is 21.8. The molecule has 1 N–H and O–H groups in total. The van der Waals surface area contributed by atoms with E-state index in [-0.39, 0.29) is 25.2 Å². The van der Waals surface area contributed by atoms with Gasteiger partial charge in [0.15, 0.2) is 6.10 Å². The maximum atomic E-state index is 12.3. The number of allylic oxidation sites excluding steroid dienone is 10. The summed E-state index contributed by atoms with van der Waals surface area (Å²) in [6.07, 6.45) is 85.2. The Balaban J connectivity index is 3.43. The molecule has 0 aromatic heterocycles. The van der Waals surface area contributed by atoms with Gasteiger partial charge in [0.1, 0.15) is 6.61 Å². The fraction of sp³-hybridized carbons (Fsp3) is 0.821. The standard InChI is InChI=1S/C67H122O5/c1-3-5-7-9-11-13-15-17-19-21-23-25-27-29-31-32-33-34-36-37-39-41-43-45-47-49-51-53-55-57-59-61-66(69)71-64-65(63-68)72-67(70)62-60-58-56-54-52-50-48-46-44-42-40-38-35-30-28-26-24-22-20-18-16-14-12-10-8-6-4-2/h6,8,12,14,18,20,24,26,30,35,65,68H,3-5,7,9-11,13,15-17,19,21-23,25,27-29,31-34,36-64H2,1-2H3/b8-6-,14-12-,20-18-,26-24-,35-30-. The van der Waals surface area contributed by atoms with E-state index in [0.717, 1.165) is 70.6 Å². The molecule has 72 heavy (non-hydrogen) atoms. The fourth-order valence-electron chi connectivity index (χ4n) is 9.59. The van der Waals surface area contributed by atoms with Gasteiger partial charge in [-0.3, -0.25) is 9.59 Å². The minimum Gasteiger partial charge on any atom is -0.462 e. The van der Waals surface area contributed by atoms with Crippen LogP contribution in [-0.2, 0) is 19.1 Å². The highest BCUT2D eigenvalue weighted by molar-refractivity contribution is 5.70. The number of hydrogen-bond donors (Lipinski definition) is 1. The van der Waals surface area contributed by atoms with Crippen molar-refractivity contribution in [2.24, 2.45) is 0 Å². The summed E-state index contributed by atoms with van der Waals surface area (Å²) < 4.78 is 10.7. The molecule has 0 saturated heterocycles. The molecular weight excluding hydrogens is 885 g/mol. The van der Waals surface area contributed by atoms with E-state index in [1.54, 1.807) is 0 Å². The van der Waals surface area contributed by atoms with Gasteiger partial charge in [0.25, 0.3) is 0 Å². The topological polar surface area (TPSA) is 72.8 Å². The van der Waals surface area contributed by atoms with Crippen LogP contribution in [0, 0.1) is 0 Å². The van der Waals surface area contributed by atoms with E-state index >= 15 is 0 Å². The molecule has 0 bridgehead atoms. The molecule has 0 aromatic rings. The second-order valence-electron chi connectivity index (χ2n) is 21.5. The average Bonchev–Trinajstić information content (AvgIpc) is 3.38. The van der Waals surface area contributed by atoms with Gasteiger partial charge in [-0.15, -0.1) is 0 Å². The van der Waals surface area contributed by atoms with Crippen molar-refractivity contribution in [1.82, 2.24) is 0 Å². The zero-order chi connectivity index (χ0) is 52.0. The van der Waals surface area contributed by atoms with Gasteiger partial charge in [-0.25, -0.2) is 0 Å². The Hall–Kier alpha value is -2.40. The number of rotatable bonds is 59. The molecule has 1 unspecified atom stereocenters. The third kappa shape index (κ3) is 60.2. The summed E-state index contributed by atoms with van der Waals surface area (Å²) in [6.45, 7) is 4.07. The normalized spacial score (nSPS) is 12.5. The highest BCUT2D eigenvalue weighted by Gasteiger charge is 2.16. The van der Waals surface area contributed by atoms with Crippen LogP contribution < -0.4 is 0 Å². The summed E-state index contributed by atoms with van der Waals surface area (Å²) >= 11 is 0. The van der Waals surface area contributed by atoms with Gasteiger partial charge in [-0.1, -0.05) is 325 Å². The summed E-state index contributed by atoms with van der Waals surface area (Å²) in [5.74, 6) is -0.579. The molecule has 0 amide bonds. The number of carbonyl (C=O) groups is 2. The summed E-state index contributed by atoms with van der Waals surface area (Å²) in [5, 5.41) is 9.68. The lowest BCUT2D eigenvalue weighted by Crippen LogP contribution is -2.28. The van der Waals surface area contributed by atoms with Crippen LogP contribution in [0.2, 0.25) is 0 Å². The van der Waals surface area contributed by atoms with Crippen LogP contribution in [0.15, 0.2) is 60.8 Å². The molecule has 0 rings (SSSR count). The Kier molecular flexibility index (Phi) is 60.8. The largest absolute Gasteiger partial charge is 0.462 e. The van der Waals surface area contributed by atoms with Crippen LogP contribution in [0.4, 0.5) is 0 Å². The van der Waals surface area contributed by atoms with E-state index in [4.69, 9.17) is 9.47 Å². The van der Waals surface area contributed by atoms with Crippen LogP contribution in [0.25, 0.3) is 0 Å². The Bertz CT molecular complexity index is 1230. The first-order chi connectivity index (χ1) is 35.6. The Morgan fingerprint density at radius 1 is 0.333 bits per heavy atom. The van der Waals surface area contributed by atoms with Gasteiger partial charge in [0.2, 0.25) is 0 Å². The number of carbonyl (C=O) groups excluding carboxylic acids is 2. The van der Waals surface area contributed by atoms with Gasteiger partial charge < -0.3 is 14.6 Å². The first kappa shape index (κ1) is 69.6. The number of hydrogen-bond acceptors (Lipinski definition) is 5. The van der Waals surface area contributed by atoms with E-state index in [1.165, 1.54) is 238 Å². The highest BCUT2D eigenvalue weighted by Crippen LogP contribution is 2.18. The minimum absolute atomic E-state index is 0.0645. The number of ether oxygens (including phenoxy) is 2. The lowest BCUT2D eigenvalue weighted by Gasteiger charge is -2.15. The van der Waals surface area contributed by atoms with Gasteiger partial charge in [-0.05, 0) is 57.8 Å². The molecule has 0 aromatic carbocycles. The molecule has 0 aliphatic carbocycles. The quantitative estimate of drug-likeness (QED) is 0.0373. The van der Waals surface area contributed by atoms with E-state index in [1.807, 2.05) is 0 Å². The second-order valence-corrected chi connectivity index (χ2v) is 21.5. The van der Waals surface area contributed by atoms with Crippen molar-refractivity contribution >= 4 is 11.9 Å². The molecule has 5 nitrogen and oxygen atoms in total. The van der Waals surface area contributed by atoms with Crippen LogP contribution in [0.1, 0.15) is 335 Å². The Morgan fingerprint density at radius 2 is 0.597 bits per heavy atom. The maximum absolute atomic E-state index is 12.3. The molecule has 0 radical (unpaired) electrons. The van der Waals surface area contributed by atoms with Crippen molar-refractivity contribution in [2.75, 3.05) is 13.2 Å². The van der Waals surface area contributed by atoms with E-state index in [0.29, 0.717) is 12.8 Å². The molecule has 0 saturated carbocycles. The van der Waals surface area contributed by atoms with Crippen molar-refractivity contribution < 1.29 is 24.2 Å². The smallest absolute Gasteiger partial charge is 0.306 e. The molecule has 420 valence electrons. The maximum Gasteiger partial charge on any atom is 0.306 e. The Labute approximate surface area is 449 Å². The average molecular weight is 1010 g/mol. The monoisotopic (exact) mass is 1010 g/mol. The molecule has 5 heteroatoms. The molecule has 1 atom stereocenters. The second kappa shape index (κ2) is 62.9. The summed E-state index contributed by atoms with van der Waals surface area (Å²) in [4.78, 5) is 24.6. The van der Waals surface area contributed by atoms with E-state index in [9.17, 15) is 14.7 Å². The third-order valence-electron chi connectivity index (χ3n) is 14.3. The number of unbranched alkanes of at least 4 members (excludes halogenated alkanes) is 41. The SMILES string of the molecule is CC/C=C\C/C=C\C/C=C\C/C=C\C/C=C\CCCCCCCCCCCCCC(=O)OC(CO)COC(=O)CCCCCCCCCCCCCCCCCCCCCCCCCCCCCCCCC. The fourth-order valence-corrected chi connectivity index (χ4v) is 9.59. The zero-order valence-corrected chi connectivity index (χ0v) is 48.2. The van der Waals surface area contributed by atoms with Gasteiger partial charge in [0.05, 0.1) is 6.61 Å². The van der Waals surface area contributed by atoms with Crippen molar-refractivity contribution in [1.29, 1.82) is 0 Å². The zero-order valence-electron chi connectivity index (χ0n) is 48.2. The summed E-state index contributed by atoms with van der Waals surface area (Å²) in [7, 11) is 0. The highest BCUT2D eigenvalue weighted by atomic mass is 16.6. The number of aliphatic hydroxyl groups is 1. The minimum atomic E-state index is -0.775. The van der Waals surface area contributed by atoms with Crippen molar-refractivity contribution in [2.45, 2.75) is 341 Å². The number of esters is 2. The molecule has 0 fully saturated rings. The Morgan fingerprint density at radius 3 is 0.903 bits per heavy atom. The van der Waals surface area contributed by atoms with Crippen LogP contribution in [0.3, 0.4) is 0 Å². The number of aliphatic hydroxyl groups excluding tert-OH is 1. The molecule has 0 aliphatic heterocycles. The van der Waals surface area contributed by atoms with Crippen molar-refractivity contribution in [3.8, 4) is 0 Å². The van der Waals surface area contributed by atoms with Crippen molar-refractivity contribution in [3.63, 3.8) is 0 Å². The van der Waals surface area contributed by atoms with Gasteiger partial charge >= 0.3 is 11.9 Å². The summed E-state index contributed by atoms with van der Waals surface area (Å²) in [6, 6.07) is 0. The van der Waals surface area contributed by atoms with Gasteiger partial charge in [-0.2, -0.15) is 0 Å². The first-order valence-corrected chi connectivity index (χ1v) is 31.8. The van der Waals surface area contributed by atoms with Crippen molar-refractivity contribution in [3.05, 3.63) is 60.8 Å². The van der Waals surface area contributed by atoms with Crippen LogP contribution in [0.5, 0.6) is 0 Å². The lowest BCUT2D eigenvalue weighted by atomic mass is 10.0. The first-order valence-electron chi connectivity index (χ1n) is 31.8. The van der Waals surface area contributed by atoms with Gasteiger partial charge in [0, 0.05) is 12.8 Å².